The smallest absolute Gasteiger partial charge is 0.149 e. The predicted molar refractivity (Wildman–Crippen MR) is 68.8 cm³/mol. The maximum atomic E-state index is 11.7. The summed E-state index contributed by atoms with van der Waals surface area (Å²) in [5.74, 6) is 0.254. The van der Waals surface area contributed by atoms with Gasteiger partial charge in [-0.15, -0.1) is 0 Å². The van der Waals surface area contributed by atoms with Gasteiger partial charge in [-0.2, -0.15) is 0 Å². The molecular formula is C14H22FNO. The van der Waals surface area contributed by atoms with E-state index < -0.39 is 0 Å². The van der Waals surface area contributed by atoms with E-state index in [1.807, 2.05) is 0 Å². The van der Waals surface area contributed by atoms with Gasteiger partial charge in [0.2, 0.25) is 0 Å². The van der Waals surface area contributed by atoms with E-state index in [0.29, 0.717) is 13.0 Å². The van der Waals surface area contributed by atoms with Crippen LogP contribution in [0.25, 0.3) is 0 Å². The summed E-state index contributed by atoms with van der Waals surface area (Å²) in [7, 11) is 0. The lowest BCUT2D eigenvalue weighted by Gasteiger charge is -2.20. The van der Waals surface area contributed by atoms with Crippen LogP contribution in [0, 0.1) is 0 Å². The lowest BCUT2D eigenvalue weighted by Crippen LogP contribution is -2.39. The Kier molecular flexibility index (Phi) is 7.56. The summed E-state index contributed by atoms with van der Waals surface area (Å²) in [5, 5.41) is 2.90. The van der Waals surface area contributed by atoms with Crippen LogP contribution < -0.4 is 5.32 Å². The fourth-order valence-corrected chi connectivity index (χ4v) is 1.97. The average molecular weight is 239 g/mol. The van der Waals surface area contributed by atoms with Crippen molar-refractivity contribution in [2.75, 3.05) is 13.2 Å². The van der Waals surface area contributed by atoms with E-state index in [0.717, 1.165) is 19.3 Å². The molecule has 0 aromatic rings. The SMILES string of the molecule is C1=CCCC=C1.O=C1CCCCC1NCCF. The van der Waals surface area contributed by atoms with Crippen molar-refractivity contribution in [3.63, 3.8) is 0 Å². The van der Waals surface area contributed by atoms with Crippen LogP contribution in [0.4, 0.5) is 4.39 Å². The van der Waals surface area contributed by atoms with Crippen LogP contribution >= 0.6 is 0 Å². The lowest BCUT2D eigenvalue weighted by molar-refractivity contribution is -0.122. The number of hydrogen-bond acceptors (Lipinski definition) is 2. The van der Waals surface area contributed by atoms with E-state index in [4.69, 9.17) is 0 Å². The molecule has 3 heteroatoms. The Morgan fingerprint density at radius 2 is 1.94 bits per heavy atom. The van der Waals surface area contributed by atoms with Gasteiger partial charge >= 0.3 is 0 Å². The molecule has 2 aliphatic carbocycles. The third-order valence-electron chi connectivity index (χ3n) is 2.92. The van der Waals surface area contributed by atoms with Crippen molar-refractivity contribution in [1.29, 1.82) is 0 Å². The van der Waals surface area contributed by atoms with E-state index in [9.17, 15) is 9.18 Å². The van der Waals surface area contributed by atoms with Gasteiger partial charge in [-0.1, -0.05) is 30.7 Å². The van der Waals surface area contributed by atoms with Crippen LogP contribution in [0.15, 0.2) is 24.3 Å². The topological polar surface area (TPSA) is 29.1 Å². The number of Topliss-reactive ketones (excluding diaryl/α,β-unsaturated/α-hetero) is 1. The Hall–Kier alpha value is -0.960. The van der Waals surface area contributed by atoms with Gasteiger partial charge in [0, 0.05) is 13.0 Å². The number of nitrogens with one attached hydrogen (secondary N) is 1. The number of ketones is 1. The summed E-state index contributed by atoms with van der Waals surface area (Å²) in [4.78, 5) is 11.1. The molecule has 1 unspecified atom stereocenters. The predicted octanol–water partition coefficient (Wildman–Crippen LogP) is 2.95. The lowest BCUT2D eigenvalue weighted by atomic mass is 9.94. The van der Waals surface area contributed by atoms with Gasteiger partial charge in [0.25, 0.3) is 0 Å². The zero-order valence-corrected chi connectivity index (χ0v) is 10.3. The molecule has 0 spiro atoms. The van der Waals surface area contributed by atoms with E-state index in [2.05, 4.69) is 29.6 Å². The van der Waals surface area contributed by atoms with Crippen molar-refractivity contribution in [2.24, 2.45) is 0 Å². The number of halogens is 1. The number of rotatable bonds is 3. The fourth-order valence-electron chi connectivity index (χ4n) is 1.97. The van der Waals surface area contributed by atoms with Crippen molar-refractivity contribution in [3.05, 3.63) is 24.3 Å². The van der Waals surface area contributed by atoms with Crippen LogP contribution in [-0.2, 0) is 4.79 Å². The first-order chi connectivity index (χ1) is 8.34. The van der Waals surface area contributed by atoms with Crippen molar-refractivity contribution in [1.82, 2.24) is 5.32 Å². The first-order valence-electron chi connectivity index (χ1n) is 6.48. The molecule has 0 aromatic carbocycles. The quantitative estimate of drug-likeness (QED) is 0.820. The summed E-state index contributed by atoms with van der Waals surface area (Å²) in [6.07, 6.45) is 14.7. The minimum Gasteiger partial charge on any atom is -0.305 e. The van der Waals surface area contributed by atoms with Gasteiger partial charge in [0.05, 0.1) is 6.04 Å². The van der Waals surface area contributed by atoms with Gasteiger partial charge in [0.15, 0.2) is 0 Å². The Bertz CT molecular complexity index is 261. The van der Waals surface area contributed by atoms with Gasteiger partial charge in [-0.25, -0.2) is 4.39 Å². The van der Waals surface area contributed by atoms with Crippen LogP contribution in [0.5, 0.6) is 0 Å². The zero-order chi connectivity index (χ0) is 12.3. The van der Waals surface area contributed by atoms with Crippen LogP contribution in [-0.4, -0.2) is 25.0 Å². The third kappa shape index (κ3) is 6.37. The molecule has 2 aliphatic rings. The van der Waals surface area contributed by atoms with E-state index >= 15 is 0 Å². The minimum absolute atomic E-state index is 0.0560. The van der Waals surface area contributed by atoms with Gasteiger partial charge in [0.1, 0.15) is 12.5 Å². The summed E-state index contributed by atoms with van der Waals surface area (Å²) < 4.78 is 11.7. The monoisotopic (exact) mass is 239 g/mol. The van der Waals surface area contributed by atoms with Gasteiger partial charge in [-0.05, 0) is 25.7 Å². The average Bonchev–Trinajstić information content (AvgIpc) is 2.41. The molecule has 2 rings (SSSR count). The molecule has 0 amide bonds. The molecule has 0 aromatic heterocycles. The molecule has 0 heterocycles. The van der Waals surface area contributed by atoms with E-state index in [1.54, 1.807) is 0 Å². The van der Waals surface area contributed by atoms with Crippen molar-refractivity contribution < 1.29 is 9.18 Å². The molecule has 2 nitrogen and oxygen atoms in total. The minimum atomic E-state index is -0.385. The van der Waals surface area contributed by atoms with Crippen LogP contribution in [0.2, 0.25) is 0 Å². The number of alkyl halides is 1. The standard InChI is InChI=1S/C8H14FNO.C6H8/c9-5-6-10-7-3-1-2-4-8(7)11;1-2-4-6-5-3-1/h7,10H,1-6H2;1-4H,5-6H2. The first kappa shape index (κ1) is 14.1. The summed E-state index contributed by atoms with van der Waals surface area (Å²) in [6, 6.07) is -0.0560. The van der Waals surface area contributed by atoms with Crippen molar-refractivity contribution >= 4 is 5.78 Å². The largest absolute Gasteiger partial charge is 0.305 e. The van der Waals surface area contributed by atoms with E-state index in [-0.39, 0.29) is 18.5 Å². The molecule has 0 saturated heterocycles. The second kappa shape index (κ2) is 9.11. The molecule has 1 N–H and O–H groups in total. The Balaban J connectivity index is 0.000000202. The fraction of sp³-hybridized carbons (Fsp3) is 0.643. The van der Waals surface area contributed by atoms with Crippen LogP contribution in [0.1, 0.15) is 38.5 Å². The molecule has 1 saturated carbocycles. The molecule has 1 fully saturated rings. The summed E-state index contributed by atoms with van der Waals surface area (Å²) in [6.45, 7) is -0.0693. The van der Waals surface area contributed by atoms with Gasteiger partial charge in [-0.3, -0.25) is 4.79 Å². The molecule has 0 bridgehead atoms. The molecule has 0 radical (unpaired) electrons. The Labute approximate surface area is 103 Å². The molecule has 17 heavy (non-hydrogen) atoms. The zero-order valence-electron chi connectivity index (χ0n) is 10.3. The highest BCUT2D eigenvalue weighted by atomic mass is 19.1. The summed E-state index contributed by atoms with van der Waals surface area (Å²) >= 11 is 0. The molecule has 0 aliphatic heterocycles. The van der Waals surface area contributed by atoms with E-state index in [1.165, 1.54) is 12.8 Å². The maximum absolute atomic E-state index is 11.7. The maximum Gasteiger partial charge on any atom is 0.149 e. The highest BCUT2D eigenvalue weighted by Gasteiger charge is 2.20. The highest BCUT2D eigenvalue weighted by Crippen LogP contribution is 2.13. The summed E-state index contributed by atoms with van der Waals surface area (Å²) in [5.41, 5.74) is 0. The number of carbonyl (C=O) groups is 1. The number of allylic oxidation sites excluding steroid dienone is 4. The second-order valence-corrected chi connectivity index (χ2v) is 4.34. The normalized spacial score (nSPS) is 23.1. The van der Waals surface area contributed by atoms with Crippen molar-refractivity contribution in [3.8, 4) is 0 Å². The Morgan fingerprint density at radius 3 is 2.41 bits per heavy atom. The number of hydrogen-bond donors (Lipinski definition) is 1. The van der Waals surface area contributed by atoms with Crippen LogP contribution in [0.3, 0.4) is 0 Å². The molecule has 1 atom stereocenters. The second-order valence-electron chi connectivity index (χ2n) is 4.34. The molecular weight excluding hydrogens is 217 g/mol. The molecule has 96 valence electrons. The van der Waals surface area contributed by atoms with Crippen molar-refractivity contribution in [2.45, 2.75) is 44.6 Å². The number of carbonyl (C=O) groups excluding carboxylic acids is 1. The highest BCUT2D eigenvalue weighted by molar-refractivity contribution is 5.84. The van der Waals surface area contributed by atoms with Gasteiger partial charge < -0.3 is 5.32 Å². The first-order valence-corrected chi connectivity index (χ1v) is 6.48. The third-order valence-corrected chi connectivity index (χ3v) is 2.92. The Morgan fingerprint density at radius 1 is 1.24 bits per heavy atom.